The van der Waals surface area contributed by atoms with E-state index in [4.69, 9.17) is 4.98 Å². The SMILES string of the molecule is Cc1sc2nc(CN3CCCC3)n(CC(=O)c3ccccc3)c(=O)c2c1C. The van der Waals surface area contributed by atoms with Crippen LogP contribution in [0.3, 0.4) is 0 Å². The minimum Gasteiger partial charge on any atom is -0.296 e. The largest absolute Gasteiger partial charge is 0.296 e. The van der Waals surface area contributed by atoms with Gasteiger partial charge in [-0.25, -0.2) is 4.98 Å². The molecular weight excluding hydrogens is 358 g/mol. The molecule has 1 aliphatic heterocycles. The molecule has 27 heavy (non-hydrogen) atoms. The van der Waals surface area contributed by atoms with Crippen LogP contribution in [-0.4, -0.2) is 33.3 Å². The molecule has 0 aliphatic carbocycles. The summed E-state index contributed by atoms with van der Waals surface area (Å²) >= 11 is 1.56. The molecular formula is C21H23N3O2S. The summed E-state index contributed by atoms with van der Waals surface area (Å²) in [7, 11) is 0. The van der Waals surface area contributed by atoms with Crippen molar-refractivity contribution in [2.75, 3.05) is 13.1 Å². The molecule has 3 heterocycles. The summed E-state index contributed by atoms with van der Waals surface area (Å²) in [6.45, 7) is 6.65. The number of rotatable bonds is 5. The average molecular weight is 382 g/mol. The van der Waals surface area contributed by atoms with Crippen LogP contribution in [0.1, 0.15) is 39.5 Å². The van der Waals surface area contributed by atoms with Crippen molar-refractivity contribution >= 4 is 27.3 Å². The van der Waals surface area contributed by atoms with Gasteiger partial charge in [0.15, 0.2) is 5.78 Å². The first-order valence-corrected chi connectivity index (χ1v) is 10.2. The highest BCUT2D eigenvalue weighted by Crippen LogP contribution is 2.27. The fraction of sp³-hybridized carbons (Fsp3) is 0.381. The molecule has 4 rings (SSSR count). The van der Waals surface area contributed by atoms with E-state index >= 15 is 0 Å². The molecule has 0 bridgehead atoms. The Morgan fingerprint density at radius 3 is 2.56 bits per heavy atom. The topological polar surface area (TPSA) is 55.2 Å². The molecule has 0 atom stereocenters. The third-order valence-corrected chi connectivity index (χ3v) is 6.43. The standard InChI is InChI=1S/C21H23N3O2S/c1-14-15(2)27-20-19(14)21(26)24(12-17(25)16-8-4-3-5-9-16)18(22-20)13-23-10-6-7-11-23/h3-5,8-9H,6-7,10-13H2,1-2H3. The highest BCUT2D eigenvalue weighted by atomic mass is 32.1. The maximum Gasteiger partial charge on any atom is 0.263 e. The Hall–Kier alpha value is -2.31. The minimum absolute atomic E-state index is 0.0310. The second-order valence-electron chi connectivity index (χ2n) is 7.16. The fourth-order valence-electron chi connectivity index (χ4n) is 3.65. The van der Waals surface area contributed by atoms with Gasteiger partial charge in [0.25, 0.3) is 5.56 Å². The van der Waals surface area contributed by atoms with Crippen LogP contribution in [-0.2, 0) is 13.1 Å². The molecule has 0 saturated carbocycles. The van der Waals surface area contributed by atoms with Gasteiger partial charge in [-0.3, -0.25) is 19.1 Å². The molecule has 0 unspecified atom stereocenters. The lowest BCUT2D eigenvalue weighted by Crippen LogP contribution is -2.32. The Balaban J connectivity index is 1.80. The number of hydrogen-bond donors (Lipinski definition) is 0. The molecule has 6 heteroatoms. The fourth-order valence-corrected chi connectivity index (χ4v) is 4.69. The van der Waals surface area contributed by atoms with E-state index in [9.17, 15) is 9.59 Å². The van der Waals surface area contributed by atoms with E-state index in [0.29, 0.717) is 23.3 Å². The number of carbonyl (C=O) groups excluding carboxylic acids is 1. The van der Waals surface area contributed by atoms with Crippen LogP contribution in [0, 0.1) is 13.8 Å². The number of likely N-dealkylation sites (tertiary alicyclic amines) is 1. The lowest BCUT2D eigenvalue weighted by atomic mass is 10.1. The summed E-state index contributed by atoms with van der Waals surface area (Å²) in [4.78, 5) is 35.1. The Morgan fingerprint density at radius 1 is 1.15 bits per heavy atom. The Bertz CT molecular complexity index is 1050. The number of hydrogen-bond acceptors (Lipinski definition) is 5. The van der Waals surface area contributed by atoms with Gasteiger partial charge < -0.3 is 0 Å². The molecule has 0 spiro atoms. The normalized spacial score (nSPS) is 14.9. The number of ketones is 1. The Morgan fingerprint density at radius 2 is 1.85 bits per heavy atom. The molecule has 1 fully saturated rings. The number of aromatic nitrogens is 2. The molecule has 0 radical (unpaired) electrons. The van der Waals surface area contributed by atoms with Crippen LogP contribution in [0.5, 0.6) is 0 Å². The first-order valence-electron chi connectivity index (χ1n) is 9.34. The zero-order valence-electron chi connectivity index (χ0n) is 15.7. The van der Waals surface area contributed by atoms with Crippen molar-refractivity contribution in [1.29, 1.82) is 0 Å². The molecule has 0 amide bonds. The van der Waals surface area contributed by atoms with Crippen molar-refractivity contribution in [2.45, 2.75) is 39.8 Å². The van der Waals surface area contributed by atoms with Gasteiger partial charge in [-0.2, -0.15) is 0 Å². The van der Waals surface area contributed by atoms with E-state index in [1.807, 2.05) is 32.0 Å². The van der Waals surface area contributed by atoms with Gasteiger partial charge in [-0.05, 0) is 45.3 Å². The maximum absolute atomic E-state index is 13.3. The van der Waals surface area contributed by atoms with Gasteiger partial charge in [0.1, 0.15) is 10.7 Å². The van der Waals surface area contributed by atoms with E-state index in [0.717, 1.165) is 28.4 Å². The van der Waals surface area contributed by atoms with Crippen molar-refractivity contribution in [3.63, 3.8) is 0 Å². The highest BCUT2D eigenvalue weighted by Gasteiger charge is 2.21. The van der Waals surface area contributed by atoms with E-state index in [-0.39, 0.29) is 17.9 Å². The summed E-state index contributed by atoms with van der Waals surface area (Å²) < 4.78 is 1.59. The van der Waals surface area contributed by atoms with Gasteiger partial charge in [0, 0.05) is 10.4 Å². The van der Waals surface area contributed by atoms with Crippen molar-refractivity contribution in [1.82, 2.24) is 14.5 Å². The van der Waals surface area contributed by atoms with Gasteiger partial charge in [0.2, 0.25) is 0 Å². The highest BCUT2D eigenvalue weighted by molar-refractivity contribution is 7.18. The van der Waals surface area contributed by atoms with Crippen LogP contribution in [0.4, 0.5) is 0 Å². The molecule has 2 aromatic heterocycles. The van der Waals surface area contributed by atoms with Crippen molar-refractivity contribution in [3.05, 3.63) is 62.5 Å². The Labute approximate surface area is 162 Å². The zero-order chi connectivity index (χ0) is 19.0. The average Bonchev–Trinajstić information content (AvgIpc) is 3.27. The first kappa shape index (κ1) is 18.1. The molecule has 0 N–H and O–H groups in total. The minimum atomic E-state index is -0.0969. The number of fused-ring (bicyclic) bond motifs is 1. The van der Waals surface area contributed by atoms with E-state index in [2.05, 4.69) is 4.90 Å². The number of nitrogens with zero attached hydrogens (tertiary/aromatic N) is 3. The van der Waals surface area contributed by atoms with Crippen LogP contribution in [0.15, 0.2) is 35.1 Å². The zero-order valence-corrected chi connectivity index (χ0v) is 16.5. The quantitative estimate of drug-likeness (QED) is 0.634. The summed E-state index contributed by atoms with van der Waals surface area (Å²) in [6, 6.07) is 9.15. The summed E-state index contributed by atoms with van der Waals surface area (Å²) in [5, 5.41) is 0.656. The Kier molecular flexibility index (Phi) is 4.93. The van der Waals surface area contributed by atoms with Crippen molar-refractivity contribution in [3.8, 4) is 0 Å². The summed E-state index contributed by atoms with van der Waals surface area (Å²) in [5.41, 5.74) is 1.50. The van der Waals surface area contributed by atoms with E-state index in [1.165, 1.54) is 12.8 Å². The van der Waals surface area contributed by atoms with Crippen molar-refractivity contribution < 1.29 is 4.79 Å². The second kappa shape index (κ2) is 7.37. The third-order valence-electron chi connectivity index (χ3n) is 5.33. The van der Waals surface area contributed by atoms with E-state index in [1.54, 1.807) is 28.0 Å². The second-order valence-corrected chi connectivity index (χ2v) is 8.36. The van der Waals surface area contributed by atoms with Crippen LogP contribution < -0.4 is 5.56 Å². The van der Waals surface area contributed by atoms with Gasteiger partial charge in [0.05, 0.1) is 18.5 Å². The smallest absolute Gasteiger partial charge is 0.263 e. The molecule has 1 aromatic carbocycles. The molecule has 5 nitrogen and oxygen atoms in total. The summed E-state index contributed by atoms with van der Waals surface area (Å²) in [5.74, 6) is 0.631. The first-order chi connectivity index (χ1) is 13.0. The van der Waals surface area contributed by atoms with Crippen LogP contribution >= 0.6 is 11.3 Å². The number of carbonyl (C=O) groups is 1. The van der Waals surface area contributed by atoms with E-state index < -0.39 is 0 Å². The number of Topliss-reactive ketones (excluding diaryl/α,β-unsaturated/α-hetero) is 1. The molecule has 3 aromatic rings. The lowest BCUT2D eigenvalue weighted by Gasteiger charge is -2.18. The predicted molar refractivity (Wildman–Crippen MR) is 109 cm³/mol. The van der Waals surface area contributed by atoms with Gasteiger partial charge >= 0.3 is 0 Å². The van der Waals surface area contributed by atoms with Crippen LogP contribution in [0.2, 0.25) is 0 Å². The predicted octanol–water partition coefficient (Wildman–Crippen LogP) is 3.55. The lowest BCUT2D eigenvalue weighted by molar-refractivity contribution is 0.0968. The molecule has 140 valence electrons. The number of aryl methyl sites for hydroxylation is 2. The molecule has 1 aliphatic rings. The van der Waals surface area contributed by atoms with Crippen molar-refractivity contribution in [2.24, 2.45) is 0 Å². The maximum atomic E-state index is 13.3. The summed E-state index contributed by atoms with van der Waals surface area (Å²) in [6.07, 6.45) is 2.35. The monoisotopic (exact) mass is 381 g/mol. The molecule has 1 saturated heterocycles. The van der Waals surface area contributed by atoms with Gasteiger partial charge in [-0.15, -0.1) is 11.3 Å². The third kappa shape index (κ3) is 3.47. The number of benzene rings is 1. The number of thiophene rings is 1. The van der Waals surface area contributed by atoms with Gasteiger partial charge in [-0.1, -0.05) is 30.3 Å². The van der Waals surface area contributed by atoms with Crippen LogP contribution in [0.25, 0.3) is 10.2 Å².